The summed E-state index contributed by atoms with van der Waals surface area (Å²) in [5, 5.41) is 3.47. The molecule has 152 valence electrons. The summed E-state index contributed by atoms with van der Waals surface area (Å²) in [6.07, 6.45) is 0. The van der Waals surface area contributed by atoms with Crippen molar-refractivity contribution in [3.05, 3.63) is 62.2 Å². The van der Waals surface area contributed by atoms with Crippen molar-refractivity contribution in [1.29, 1.82) is 0 Å². The Labute approximate surface area is 186 Å². The molecule has 0 bridgehead atoms. The quantitative estimate of drug-likeness (QED) is 0.414. The zero-order chi connectivity index (χ0) is 21.3. The van der Waals surface area contributed by atoms with Crippen LogP contribution >= 0.6 is 31.9 Å². The predicted octanol–water partition coefficient (Wildman–Crippen LogP) is 5.83. The van der Waals surface area contributed by atoms with Gasteiger partial charge in [0.05, 0.1) is 27.5 Å². The van der Waals surface area contributed by atoms with Crippen LogP contribution in [0.1, 0.15) is 48.4 Å². The molecule has 29 heavy (non-hydrogen) atoms. The zero-order valence-electron chi connectivity index (χ0n) is 16.5. The van der Waals surface area contributed by atoms with Gasteiger partial charge in [-0.1, -0.05) is 30.3 Å². The fraction of sp³-hybridized carbons (Fsp3) is 0.273. The number of carbonyl (C=O) groups excluding carboxylic acids is 2. The highest BCUT2D eigenvalue weighted by molar-refractivity contribution is 9.11. The third kappa shape index (κ3) is 4.12. The number of methoxy groups -OCH3 is 1. The van der Waals surface area contributed by atoms with Crippen molar-refractivity contribution in [2.24, 2.45) is 0 Å². The van der Waals surface area contributed by atoms with Gasteiger partial charge in [-0.25, -0.2) is 0 Å². The number of ketones is 1. The van der Waals surface area contributed by atoms with Crippen molar-refractivity contribution in [1.82, 2.24) is 5.32 Å². The first-order chi connectivity index (χ1) is 13.8. The summed E-state index contributed by atoms with van der Waals surface area (Å²) < 4.78 is 12.8. The molecule has 1 unspecified atom stereocenters. The smallest absolute Gasteiger partial charge is 0.230 e. The molecule has 0 fully saturated rings. The Balaban J connectivity index is 2.29. The van der Waals surface area contributed by atoms with Gasteiger partial charge in [0.1, 0.15) is 17.1 Å². The van der Waals surface area contributed by atoms with Crippen LogP contribution in [0.4, 0.5) is 0 Å². The van der Waals surface area contributed by atoms with Crippen LogP contribution in [0.25, 0.3) is 11.0 Å². The van der Waals surface area contributed by atoms with E-state index in [4.69, 9.17) is 9.15 Å². The van der Waals surface area contributed by atoms with E-state index in [-0.39, 0.29) is 17.7 Å². The van der Waals surface area contributed by atoms with Crippen LogP contribution in [0.2, 0.25) is 0 Å². The molecule has 3 aromatic rings. The molecule has 5 nitrogen and oxygen atoms in total. The maximum atomic E-state index is 13.5. The van der Waals surface area contributed by atoms with Crippen molar-refractivity contribution in [3.8, 4) is 5.75 Å². The number of furan rings is 1. The molecule has 1 aromatic heterocycles. The summed E-state index contributed by atoms with van der Waals surface area (Å²) in [7, 11) is 1.55. The van der Waals surface area contributed by atoms with Gasteiger partial charge < -0.3 is 14.5 Å². The first kappa shape index (κ1) is 21.6. The predicted molar refractivity (Wildman–Crippen MR) is 120 cm³/mol. The third-order valence-corrected chi connectivity index (χ3v) is 5.89. The van der Waals surface area contributed by atoms with Gasteiger partial charge in [0.2, 0.25) is 5.91 Å². The molecule has 3 rings (SSSR count). The van der Waals surface area contributed by atoms with E-state index in [2.05, 4.69) is 37.2 Å². The Morgan fingerprint density at radius 1 is 1.10 bits per heavy atom. The number of hydrogen-bond donors (Lipinski definition) is 1. The molecule has 0 saturated heterocycles. The van der Waals surface area contributed by atoms with Crippen LogP contribution in [0.3, 0.4) is 0 Å². The van der Waals surface area contributed by atoms with E-state index < -0.39 is 5.92 Å². The number of benzene rings is 2. The number of hydrogen-bond acceptors (Lipinski definition) is 4. The van der Waals surface area contributed by atoms with E-state index in [1.807, 2.05) is 19.9 Å². The number of amides is 1. The molecule has 7 heteroatoms. The summed E-state index contributed by atoms with van der Waals surface area (Å²) in [6.45, 7) is 5.51. The molecular formula is C22H21Br2NO4. The highest BCUT2D eigenvalue weighted by Gasteiger charge is 2.31. The molecule has 1 heterocycles. The number of nitrogens with one attached hydrogen (secondary N) is 1. The minimum atomic E-state index is -0.649. The van der Waals surface area contributed by atoms with E-state index >= 15 is 0 Å². The Morgan fingerprint density at radius 3 is 2.34 bits per heavy atom. The molecule has 1 atom stereocenters. The second-order valence-corrected chi connectivity index (χ2v) is 8.65. The number of halogens is 2. The van der Waals surface area contributed by atoms with Crippen molar-refractivity contribution in [3.63, 3.8) is 0 Å². The van der Waals surface area contributed by atoms with Crippen LogP contribution < -0.4 is 10.1 Å². The normalized spacial score (nSPS) is 12.2. The Hall–Kier alpha value is -2.12. The minimum absolute atomic E-state index is 0.0245. The highest BCUT2D eigenvalue weighted by Crippen LogP contribution is 2.44. The largest absolute Gasteiger partial charge is 0.494 e. The fourth-order valence-corrected chi connectivity index (χ4v) is 4.77. The van der Waals surface area contributed by atoms with Crippen molar-refractivity contribution >= 4 is 54.5 Å². The van der Waals surface area contributed by atoms with E-state index in [1.54, 1.807) is 44.4 Å². The number of ether oxygens (including phenoxy) is 1. The number of rotatable bonds is 6. The zero-order valence-corrected chi connectivity index (χ0v) is 19.7. The van der Waals surface area contributed by atoms with Crippen molar-refractivity contribution in [2.45, 2.75) is 32.7 Å². The van der Waals surface area contributed by atoms with Crippen LogP contribution in [0.5, 0.6) is 5.75 Å². The van der Waals surface area contributed by atoms with Gasteiger partial charge in [0.15, 0.2) is 5.78 Å². The molecule has 1 N–H and O–H groups in total. The lowest BCUT2D eigenvalue weighted by Gasteiger charge is -2.14. The molecule has 1 amide bonds. The lowest BCUT2D eigenvalue weighted by atomic mass is 9.95. The molecule has 0 saturated carbocycles. The standard InChI is InChI=1S/C22H21Br2NO4/c1-11(2)25-22(27)12(3)20-17(19(26)13-8-6-5-7-9-13)16-15(29-20)10-14(23)21(28-4)18(16)24/h5-12H,1-4H3,(H,25,27). The summed E-state index contributed by atoms with van der Waals surface area (Å²) in [5.74, 6) is -0.194. The summed E-state index contributed by atoms with van der Waals surface area (Å²) >= 11 is 7.02. The minimum Gasteiger partial charge on any atom is -0.494 e. The van der Waals surface area contributed by atoms with Gasteiger partial charge in [-0.3, -0.25) is 9.59 Å². The molecular weight excluding hydrogens is 502 g/mol. The third-order valence-electron chi connectivity index (χ3n) is 4.54. The fourth-order valence-electron chi connectivity index (χ4n) is 3.17. The topological polar surface area (TPSA) is 68.5 Å². The lowest BCUT2D eigenvalue weighted by Crippen LogP contribution is -2.33. The maximum absolute atomic E-state index is 13.5. The SMILES string of the molecule is COc1c(Br)cc2oc(C(C)C(=O)NC(C)C)c(C(=O)c3ccccc3)c2c1Br. The van der Waals surface area contributed by atoms with Gasteiger partial charge in [-0.15, -0.1) is 0 Å². The van der Waals surface area contributed by atoms with Crippen LogP contribution in [-0.2, 0) is 4.79 Å². The monoisotopic (exact) mass is 521 g/mol. The molecule has 0 spiro atoms. The van der Waals surface area contributed by atoms with E-state index in [1.165, 1.54) is 0 Å². The van der Waals surface area contributed by atoms with Gasteiger partial charge >= 0.3 is 0 Å². The van der Waals surface area contributed by atoms with Crippen LogP contribution in [0.15, 0.2) is 49.8 Å². The Kier molecular flexibility index (Phi) is 6.49. The van der Waals surface area contributed by atoms with Gasteiger partial charge in [0, 0.05) is 17.0 Å². The molecule has 0 aliphatic heterocycles. The van der Waals surface area contributed by atoms with Crippen molar-refractivity contribution < 1.29 is 18.7 Å². The average Bonchev–Trinajstić information content (AvgIpc) is 3.06. The summed E-state index contributed by atoms with van der Waals surface area (Å²) in [4.78, 5) is 26.2. The molecule has 0 radical (unpaired) electrons. The van der Waals surface area contributed by atoms with E-state index in [9.17, 15) is 9.59 Å². The Morgan fingerprint density at radius 2 is 1.76 bits per heavy atom. The number of carbonyl (C=O) groups is 2. The highest BCUT2D eigenvalue weighted by atomic mass is 79.9. The molecule has 0 aliphatic rings. The molecule has 0 aliphatic carbocycles. The first-order valence-electron chi connectivity index (χ1n) is 9.14. The van der Waals surface area contributed by atoms with Crippen LogP contribution in [0, 0.1) is 0 Å². The van der Waals surface area contributed by atoms with Gasteiger partial charge in [0.25, 0.3) is 0 Å². The Bertz CT molecular complexity index is 1070. The summed E-state index contributed by atoms with van der Waals surface area (Å²) in [5.41, 5.74) is 1.36. The second kappa shape index (κ2) is 8.71. The second-order valence-electron chi connectivity index (χ2n) is 7.00. The van der Waals surface area contributed by atoms with E-state index in [0.29, 0.717) is 42.6 Å². The average molecular weight is 523 g/mol. The summed E-state index contributed by atoms with van der Waals surface area (Å²) in [6, 6.07) is 10.7. The first-order valence-corrected chi connectivity index (χ1v) is 10.7. The number of fused-ring (bicyclic) bond motifs is 1. The lowest BCUT2D eigenvalue weighted by molar-refractivity contribution is -0.123. The van der Waals surface area contributed by atoms with Crippen LogP contribution in [-0.4, -0.2) is 24.8 Å². The van der Waals surface area contributed by atoms with Crippen molar-refractivity contribution in [2.75, 3.05) is 7.11 Å². The van der Waals surface area contributed by atoms with Gasteiger partial charge in [-0.2, -0.15) is 0 Å². The van der Waals surface area contributed by atoms with Gasteiger partial charge in [-0.05, 0) is 58.7 Å². The maximum Gasteiger partial charge on any atom is 0.230 e. The van der Waals surface area contributed by atoms with E-state index in [0.717, 1.165) is 0 Å². The molecule has 2 aromatic carbocycles.